The van der Waals surface area contributed by atoms with E-state index in [1.807, 2.05) is 97.1 Å². The van der Waals surface area contributed by atoms with Crippen LogP contribution in [0.4, 0.5) is 5.69 Å². The summed E-state index contributed by atoms with van der Waals surface area (Å²) < 4.78 is 11.3. The minimum atomic E-state index is -0.278. The van der Waals surface area contributed by atoms with Crippen molar-refractivity contribution in [3.8, 4) is 17.2 Å². The first kappa shape index (κ1) is 24.7. The lowest BCUT2D eigenvalue weighted by Gasteiger charge is -2.40. The third-order valence-electron chi connectivity index (χ3n) is 7.59. The number of hydrogen-bond donors (Lipinski definition) is 0. The summed E-state index contributed by atoms with van der Waals surface area (Å²) in [7, 11) is 1.63. The van der Waals surface area contributed by atoms with Crippen LogP contribution in [0.2, 0.25) is 0 Å². The molecule has 2 unspecified atom stereocenters. The molecule has 1 heterocycles. The van der Waals surface area contributed by atoms with E-state index in [4.69, 9.17) is 9.47 Å². The van der Waals surface area contributed by atoms with E-state index in [1.54, 1.807) is 12.0 Å². The predicted molar refractivity (Wildman–Crippen MR) is 151 cm³/mol. The summed E-state index contributed by atoms with van der Waals surface area (Å²) in [4.78, 5) is 29.4. The van der Waals surface area contributed by atoms with Crippen LogP contribution in [-0.2, 0) is 9.59 Å². The molecule has 1 aliphatic heterocycles. The van der Waals surface area contributed by atoms with Gasteiger partial charge in [-0.1, -0.05) is 60.7 Å². The van der Waals surface area contributed by atoms with E-state index >= 15 is 0 Å². The van der Waals surface area contributed by atoms with Gasteiger partial charge >= 0.3 is 0 Å². The first-order chi connectivity index (χ1) is 19.1. The van der Waals surface area contributed by atoms with Gasteiger partial charge in [0.2, 0.25) is 5.91 Å². The molecule has 4 aromatic carbocycles. The second-order valence-corrected chi connectivity index (χ2v) is 9.97. The highest BCUT2D eigenvalue weighted by atomic mass is 16.5. The van der Waals surface area contributed by atoms with E-state index in [0.717, 1.165) is 39.6 Å². The van der Waals surface area contributed by atoms with E-state index in [-0.39, 0.29) is 29.9 Å². The van der Waals surface area contributed by atoms with Gasteiger partial charge in [-0.2, -0.15) is 0 Å². The Morgan fingerprint density at radius 2 is 1.26 bits per heavy atom. The highest BCUT2D eigenvalue weighted by Crippen LogP contribution is 2.47. The molecular weight excluding hydrogens is 486 g/mol. The lowest BCUT2D eigenvalue weighted by Crippen LogP contribution is -2.41. The average Bonchev–Trinajstić information content (AvgIpc) is 2.98. The van der Waals surface area contributed by atoms with E-state index < -0.39 is 0 Å². The molecule has 4 aromatic rings. The zero-order chi connectivity index (χ0) is 26.8. The molecule has 0 fully saturated rings. The molecule has 0 N–H and O–H groups in total. The number of benzene rings is 4. The quantitative estimate of drug-likeness (QED) is 0.268. The van der Waals surface area contributed by atoms with Crippen LogP contribution in [0.3, 0.4) is 0 Å². The zero-order valence-electron chi connectivity index (χ0n) is 21.7. The summed E-state index contributed by atoms with van der Waals surface area (Å²) in [6, 6.07) is 34.9. The predicted octanol–water partition coefficient (Wildman–Crippen LogP) is 7.41. The van der Waals surface area contributed by atoms with Gasteiger partial charge in [-0.15, -0.1) is 0 Å². The molecular formula is C34H29NO4. The van der Waals surface area contributed by atoms with Gasteiger partial charge in [0.15, 0.2) is 5.78 Å². The maximum atomic E-state index is 13.8. The monoisotopic (exact) mass is 515 g/mol. The number of ketones is 1. The number of rotatable bonds is 6. The average molecular weight is 516 g/mol. The van der Waals surface area contributed by atoms with Crippen molar-refractivity contribution < 1.29 is 19.1 Å². The van der Waals surface area contributed by atoms with Gasteiger partial charge in [0.1, 0.15) is 17.2 Å². The van der Waals surface area contributed by atoms with Crippen molar-refractivity contribution in [1.82, 2.24) is 0 Å². The van der Waals surface area contributed by atoms with Gasteiger partial charge in [0.05, 0.1) is 7.11 Å². The smallest absolute Gasteiger partial charge is 0.232 e. The van der Waals surface area contributed by atoms with Crippen LogP contribution < -0.4 is 14.4 Å². The van der Waals surface area contributed by atoms with Crippen LogP contribution >= 0.6 is 0 Å². The zero-order valence-corrected chi connectivity index (χ0v) is 21.7. The summed E-state index contributed by atoms with van der Waals surface area (Å²) in [5.74, 6) is 1.99. The lowest BCUT2D eigenvalue weighted by molar-refractivity contribution is -0.120. The maximum Gasteiger partial charge on any atom is 0.232 e. The maximum absolute atomic E-state index is 13.8. The standard InChI is InChI=1S/C34H29NO4/c1-38-27-16-12-24(13-17-27)30-22-33(37)35(26-14-18-29(19-15-26)39-28-10-6-3-7-11-28)31-20-25(21-32(36)34(30)31)23-8-4-2-5-9-23/h2-19,25,30H,20-22H2,1H3. The Balaban J connectivity index is 1.39. The lowest BCUT2D eigenvalue weighted by atomic mass is 9.72. The molecule has 0 saturated heterocycles. The Hall–Kier alpha value is -4.64. The van der Waals surface area contributed by atoms with Crippen LogP contribution in [0.1, 0.15) is 42.2 Å². The second-order valence-electron chi connectivity index (χ2n) is 9.97. The topological polar surface area (TPSA) is 55.8 Å². The van der Waals surface area contributed by atoms with E-state index in [2.05, 4.69) is 12.1 Å². The molecule has 194 valence electrons. The number of allylic oxidation sites excluding steroid dienone is 2. The Morgan fingerprint density at radius 3 is 1.92 bits per heavy atom. The van der Waals surface area contributed by atoms with Crippen molar-refractivity contribution in [3.05, 3.63) is 132 Å². The number of para-hydroxylation sites is 1. The van der Waals surface area contributed by atoms with Crippen LogP contribution in [0, 0.1) is 0 Å². The molecule has 2 atom stereocenters. The van der Waals surface area contributed by atoms with Crippen LogP contribution in [0.25, 0.3) is 0 Å². The summed E-state index contributed by atoms with van der Waals surface area (Å²) >= 11 is 0. The molecule has 0 radical (unpaired) electrons. The van der Waals surface area contributed by atoms with Crippen molar-refractivity contribution in [2.24, 2.45) is 0 Å². The summed E-state index contributed by atoms with van der Waals surface area (Å²) in [6.45, 7) is 0. The minimum Gasteiger partial charge on any atom is -0.497 e. The number of nitrogens with zero attached hydrogens (tertiary/aromatic N) is 1. The van der Waals surface area contributed by atoms with Crippen LogP contribution in [-0.4, -0.2) is 18.8 Å². The molecule has 2 aliphatic rings. The molecule has 0 aromatic heterocycles. The fraction of sp³-hybridized carbons (Fsp3) is 0.176. The van der Waals surface area contributed by atoms with Crippen LogP contribution in [0.5, 0.6) is 17.2 Å². The number of anilines is 1. The van der Waals surface area contributed by atoms with Gasteiger partial charge in [-0.3, -0.25) is 14.5 Å². The third kappa shape index (κ3) is 4.96. The van der Waals surface area contributed by atoms with Crippen molar-refractivity contribution in [2.45, 2.75) is 31.1 Å². The van der Waals surface area contributed by atoms with Crippen molar-refractivity contribution in [2.75, 3.05) is 12.0 Å². The third-order valence-corrected chi connectivity index (χ3v) is 7.59. The van der Waals surface area contributed by atoms with Gasteiger partial charge in [-0.05, 0) is 72.0 Å². The van der Waals surface area contributed by atoms with E-state index in [9.17, 15) is 9.59 Å². The minimum absolute atomic E-state index is 0.0167. The second kappa shape index (κ2) is 10.6. The number of ether oxygens (including phenoxy) is 2. The van der Waals surface area contributed by atoms with Crippen molar-refractivity contribution in [1.29, 1.82) is 0 Å². The number of Topliss-reactive ketones (excluding diaryl/α,β-unsaturated/α-hetero) is 1. The molecule has 0 saturated carbocycles. The van der Waals surface area contributed by atoms with Crippen LogP contribution in [0.15, 0.2) is 120 Å². The molecule has 39 heavy (non-hydrogen) atoms. The number of hydrogen-bond acceptors (Lipinski definition) is 4. The Morgan fingerprint density at radius 1 is 0.641 bits per heavy atom. The van der Waals surface area contributed by atoms with Gasteiger partial charge in [-0.25, -0.2) is 0 Å². The molecule has 1 aliphatic carbocycles. The fourth-order valence-corrected chi connectivity index (χ4v) is 5.71. The van der Waals surface area contributed by atoms with E-state index in [1.165, 1.54) is 0 Å². The number of methoxy groups -OCH3 is 1. The van der Waals surface area contributed by atoms with Crippen molar-refractivity contribution in [3.63, 3.8) is 0 Å². The molecule has 0 spiro atoms. The SMILES string of the molecule is COc1ccc(C2CC(=O)N(c3ccc(Oc4ccccc4)cc3)C3=C2C(=O)CC(c2ccccc2)C3)cc1. The normalized spacial score (nSPS) is 19.1. The van der Waals surface area contributed by atoms with Crippen molar-refractivity contribution >= 4 is 17.4 Å². The first-order valence-corrected chi connectivity index (χ1v) is 13.2. The fourth-order valence-electron chi connectivity index (χ4n) is 5.71. The highest BCUT2D eigenvalue weighted by molar-refractivity contribution is 6.08. The van der Waals surface area contributed by atoms with Gasteiger partial charge < -0.3 is 9.47 Å². The number of amides is 1. The number of carbonyl (C=O) groups excluding carboxylic acids is 2. The Bertz CT molecular complexity index is 1510. The summed E-state index contributed by atoms with van der Waals surface area (Å²) in [5, 5.41) is 0. The molecule has 0 bridgehead atoms. The Kier molecular flexibility index (Phi) is 6.72. The molecule has 5 heteroatoms. The summed E-state index contributed by atoms with van der Waals surface area (Å²) in [6.07, 6.45) is 1.28. The highest BCUT2D eigenvalue weighted by Gasteiger charge is 2.42. The van der Waals surface area contributed by atoms with E-state index in [0.29, 0.717) is 18.6 Å². The molecule has 5 nitrogen and oxygen atoms in total. The number of carbonyl (C=O) groups is 2. The summed E-state index contributed by atoms with van der Waals surface area (Å²) in [5.41, 5.74) is 4.35. The van der Waals surface area contributed by atoms with Gasteiger partial charge in [0, 0.05) is 35.7 Å². The molecule has 6 rings (SSSR count). The first-order valence-electron chi connectivity index (χ1n) is 13.2. The van der Waals surface area contributed by atoms with Gasteiger partial charge in [0.25, 0.3) is 0 Å². The molecule has 1 amide bonds. The largest absolute Gasteiger partial charge is 0.497 e. The Labute approximate surface area is 228 Å².